The van der Waals surface area contributed by atoms with Crippen molar-refractivity contribution in [3.05, 3.63) is 24.3 Å². The summed E-state index contributed by atoms with van der Waals surface area (Å²) in [6.07, 6.45) is 0.963. The number of carbonyl (C=O) groups is 1. The van der Waals surface area contributed by atoms with Crippen LogP contribution in [-0.4, -0.2) is 44.6 Å². The van der Waals surface area contributed by atoms with Gasteiger partial charge in [-0.15, -0.1) is 0 Å². The Balaban J connectivity index is 1.97. The SMILES string of the molecule is O=C(O)COc1ccc(NS(=O)(=O)C2CCOCC2)cc1. The molecule has 1 aliphatic heterocycles. The van der Waals surface area contributed by atoms with Crippen LogP contribution in [0.15, 0.2) is 24.3 Å². The van der Waals surface area contributed by atoms with Crippen molar-refractivity contribution in [2.45, 2.75) is 18.1 Å². The van der Waals surface area contributed by atoms with Gasteiger partial charge in [0.1, 0.15) is 5.75 Å². The predicted molar refractivity (Wildman–Crippen MR) is 76.0 cm³/mol. The summed E-state index contributed by atoms with van der Waals surface area (Å²) in [4.78, 5) is 10.4. The fourth-order valence-electron chi connectivity index (χ4n) is 2.00. The van der Waals surface area contributed by atoms with Gasteiger partial charge in [-0.2, -0.15) is 0 Å². The highest BCUT2D eigenvalue weighted by molar-refractivity contribution is 7.93. The number of anilines is 1. The number of nitrogens with one attached hydrogen (secondary N) is 1. The molecule has 0 unspecified atom stereocenters. The highest BCUT2D eigenvalue weighted by Crippen LogP contribution is 2.21. The Labute approximate surface area is 122 Å². The largest absolute Gasteiger partial charge is 0.482 e. The summed E-state index contributed by atoms with van der Waals surface area (Å²) < 4.78 is 37.0. The second-order valence-electron chi connectivity index (χ2n) is 4.67. The normalized spacial score (nSPS) is 16.4. The summed E-state index contributed by atoms with van der Waals surface area (Å²) in [6.45, 7) is 0.467. The minimum absolute atomic E-state index is 0.367. The van der Waals surface area contributed by atoms with Crippen LogP contribution >= 0.6 is 0 Å². The van der Waals surface area contributed by atoms with Crippen molar-refractivity contribution in [1.82, 2.24) is 0 Å². The van der Waals surface area contributed by atoms with E-state index in [9.17, 15) is 13.2 Å². The van der Waals surface area contributed by atoms with E-state index in [1.165, 1.54) is 24.3 Å². The Morgan fingerprint density at radius 3 is 2.48 bits per heavy atom. The molecule has 0 atom stereocenters. The minimum atomic E-state index is -3.44. The van der Waals surface area contributed by atoms with E-state index in [1.807, 2.05) is 0 Å². The van der Waals surface area contributed by atoms with E-state index in [0.29, 0.717) is 37.5 Å². The molecule has 1 aliphatic rings. The van der Waals surface area contributed by atoms with Crippen LogP contribution in [0.4, 0.5) is 5.69 Å². The van der Waals surface area contributed by atoms with Crippen molar-refractivity contribution in [2.24, 2.45) is 0 Å². The maximum absolute atomic E-state index is 12.2. The number of benzene rings is 1. The zero-order valence-electron chi connectivity index (χ0n) is 11.3. The van der Waals surface area contributed by atoms with E-state index in [0.717, 1.165) is 0 Å². The Hall–Kier alpha value is -1.80. The predicted octanol–water partition coefficient (Wildman–Crippen LogP) is 1.07. The monoisotopic (exact) mass is 315 g/mol. The fourth-order valence-corrected chi connectivity index (χ4v) is 3.44. The van der Waals surface area contributed by atoms with Crippen LogP contribution in [0.5, 0.6) is 5.75 Å². The zero-order chi connectivity index (χ0) is 15.3. The van der Waals surface area contributed by atoms with Crippen molar-refractivity contribution in [1.29, 1.82) is 0 Å². The van der Waals surface area contributed by atoms with Crippen LogP contribution in [0.2, 0.25) is 0 Å². The van der Waals surface area contributed by atoms with Gasteiger partial charge >= 0.3 is 5.97 Å². The van der Waals surface area contributed by atoms with Gasteiger partial charge in [0.2, 0.25) is 10.0 Å². The molecule has 2 N–H and O–H groups in total. The third-order valence-electron chi connectivity index (χ3n) is 3.08. The summed E-state index contributed by atoms with van der Waals surface area (Å²) in [5, 5.41) is 8.05. The van der Waals surface area contributed by atoms with E-state index in [1.54, 1.807) is 0 Å². The van der Waals surface area contributed by atoms with Crippen LogP contribution in [0.1, 0.15) is 12.8 Å². The Bertz CT molecular complexity index is 577. The molecule has 1 heterocycles. The molecule has 0 radical (unpaired) electrons. The van der Waals surface area contributed by atoms with Gasteiger partial charge in [-0.1, -0.05) is 0 Å². The highest BCUT2D eigenvalue weighted by atomic mass is 32.2. The number of sulfonamides is 1. The van der Waals surface area contributed by atoms with E-state index in [-0.39, 0.29) is 0 Å². The minimum Gasteiger partial charge on any atom is -0.482 e. The molecule has 1 aromatic carbocycles. The fraction of sp³-hybridized carbons (Fsp3) is 0.462. The number of hydrogen-bond acceptors (Lipinski definition) is 5. The van der Waals surface area contributed by atoms with E-state index in [2.05, 4.69) is 4.72 Å². The van der Waals surface area contributed by atoms with E-state index in [4.69, 9.17) is 14.6 Å². The van der Waals surface area contributed by atoms with E-state index >= 15 is 0 Å². The molecule has 8 heteroatoms. The Kier molecular flexibility index (Phi) is 5.03. The highest BCUT2D eigenvalue weighted by Gasteiger charge is 2.27. The number of ether oxygens (including phenoxy) is 2. The van der Waals surface area contributed by atoms with Gasteiger partial charge in [-0.25, -0.2) is 13.2 Å². The average Bonchev–Trinajstić information content (AvgIpc) is 2.47. The molecule has 2 rings (SSSR count). The lowest BCUT2D eigenvalue weighted by atomic mass is 10.2. The number of rotatable bonds is 6. The summed E-state index contributed by atoms with van der Waals surface area (Å²) in [5.41, 5.74) is 0.421. The molecule has 116 valence electrons. The van der Waals surface area contributed by atoms with Crippen LogP contribution in [0.25, 0.3) is 0 Å². The summed E-state index contributed by atoms with van der Waals surface area (Å²) in [5.74, 6) is -0.703. The standard InChI is InChI=1S/C13H17NO6S/c15-13(16)9-20-11-3-1-10(2-4-11)14-21(17,18)12-5-7-19-8-6-12/h1-4,12,14H,5-9H2,(H,15,16). The second kappa shape index (κ2) is 6.77. The molecular weight excluding hydrogens is 298 g/mol. The van der Waals surface area contributed by atoms with Crippen molar-refractivity contribution in [2.75, 3.05) is 24.5 Å². The maximum Gasteiger partial charge on any atom is 0.341 e. The lowest BCUT2D eigenvalue weighted by Crippen LogP contribution is -2.33. The third-order valence-corrected chi connectivity index (χ3v) is 4.95. The number of hydrogen-bond donors (Lipinski definition) is 2. The van der Waals surface area contributed by atoms with Crippen molar-refractivity contribution in [3.8, 4) is 5.75 Å². The van der Waals surface area contributed by atoms with Gasteiger partial charge in [0, 0.05) is 18.9 Å². The first kappa shape index (κ1) is 15.6. The average molecular weight is 315 g/mol. The molecule has 1 aromatic rings. The quantitative estimate of drug-likeness (QED) is 0.814. The first-order chi connectivity index (χ1) is 9.97. The van der Waals surface area contributed by atoms with Gasteiger partial charge in [-0.05, 0) is 37.1 Å². The van der Waals surface area contributed by atoms with Gasteiger partial charge in [0.25, 0.3) is 0 Å². The van der Waals surface area contributed by atoms with E-state index < -0.39 is 27.8 Å². The second-order valence-corrected chi connectivity index (χ2v) is 6.63. The molecule has 0 aliphatic carbocycles. The lowest BCUT2D eigenvalue weighted by molar-refractivity contribution is -0.139. The van der Waals surface area contributed by atoms with Gasteiger partial charge in [-0.3, -0.25) is 4.72 Å². The topological polar surface area (TPSA) is 102 Å². The van der Waals surface area contributed by atoms with Crippen molar-refractivity contribution in [3.63, 3.8) is 0 Å². The number of aliphatic carboxylic acids is 1. The summed E-state index contributed by atoms with van der Waals surface area (Å²) in [6, 6.07) is 6.11. The molecule has 7 nitrogen and oxygen atoms in total. The first-order valence-electron chi connectivity index (χ1n) is 6.51. The molecule has 1 saturated heterocycles. The lowest BCUT2D eigenvalue weighted by Gasteiger charge is -2.22. The molecule has 21 heavy (non-hydrogen) atoms. The number of carboxylic acid groups (broad SMARTS) is 1. The zero-order valence-corrected chi connectivity index (χ0v) is 12.1. The molecule has 0 bridgehead atoms. The van der Waals surface area contributed by atoms with Gasteiger partial charge in [0.15, 0.2) is 6.61 Å². The number of carboxylic acids is 1. The van der Waals surface area contributed by atoms with Crippen LogP contribution in [0, 0.1) is 0 Å². The first-order valence-corrected chi connectivity index (χ1v) is 8.06. The van der Waals surface area contributed by atoms with Gasteiger partial charge < -0.3 is 14.6 Å². The third kappa shape index (κ3) is 4.61. The maximum atomic E-state index is 12.2. The smallest absolute Gasteiger partial charge is 0.341 e. The van der Waals surface area contributed by atoms with Crippen LogP contribution in [0.3, 0.4) is 0 Å². The van der Waals surface area contributed by atoms with Crippen molar-refractivity contribution >= 4 is 21.7 Å². The Morgan fingerprint density at radius 2 is 1.90 bits per heavy atom. The molecule has 0 aromatic heterocycles. The van der Waals surface area contributed by atoms with Crippen LogP contribution in [-0.2, 0) is 19.6 Å². The molecule has 0 saturated carbocycles. The van der Waals surface area contributed by atoms with Crippen molar-refractivity contribution < 1.29 is 27.8 Å². The Morgan fingerprint density at radius 1 is 1.29 bits per heavy atom. The molecule has 0 amide bonds. The molecule has 1 fully saturated rings. The van der Waals surface area contributed by atoms with Crippen LogP contribution < -0.4 is 9.46 Å². The summed E-state index contributed by atoms with van der Waals surface area (Å²) >= 11 is 0. The molecular formula is C13H17NO6S. The summed E-state index contributed by atoms with van der Waals surface area (Å²) in [7, 11) is -3.44. The van der Waals surface area contributed by atoms with Gasteiger partial charge in [0.05, 0.1) is 5.25 Å². The molecule has 0 spiro atoms.